The maximum absolute atomic E-state index is 12.2. The standard InChI is InChI=1S/C19H28IN5O2/c1-12-7-13(24-18(26)27-19(2,3)4)11-25(10-12)17-14(8-21-5)16(22-6)15(20)9-23-17/h8-9,12-13H,6-7,10-11H2,1-5H3,(H,24,26)/b21-8-/t12-,13+/m0/s1. The molecule has 8 heteroatoms. The molecule has 1 aromatic heterocycles. The van der Waals surface area contributed by atoms with Gasteiger partial charge in [0.1, 0.15) is 11.4 Å². The molecule has 7 nitrogen and oxygen atoms in total. The summed E-state index contributed by atoms with van der Waals surface area (Å²) >= 11 is 2.20. The monoisotopic (exact) mass is 485 g/mol. The molecule has 0 radical (unpaired) electrons. The van der Waals surface area contributed by atoms with E-state index in [2.05, 4.69) is 61.4 Å². The third kappa shape index (κ3) is 5.88. The fourth-order valence-electron chi connectivity index (χ4n) is 3.25. The predicted octanol–water partition coefficient (Wildman–Crippen LogP) is 3.81. The van der Waals surface area contributed by atoms with Gasteiger partial charge in [-0.3, -0.25) is 9.98 Å². The van der Waals surface area contributed by atoms with Crippen LogP contribution in [0.4, 0.5) is 16.3 Å². The highest BCUT2D eigenvalue weighted by Gasteiger charge is 2.30. The number of nitrogens with zero attached hydrogens (tertiary/aromatic N) is 4. The summed E-state index contributed by atoms with van der Waals surface area (Å²) in [5.41, 5.74) is 1.11. The van der Waals surface area contributed by atoms with Crippen LogP contribution in [0.15, 0.2) is 16.2 Å². The number of aliphatic imine (C=N–C) groups is 2. The molecule has 1 fully saturated rings. The number of ether oxygens (including phenoxy) is 1. The topological polar surface area (TPSA) is 79.2 Å². The zero-order valence-corrected chi connectivity index (χ0v) is 18.8. The number of carbonyl (C=O) groups is 1. The summed E-state index contributed by atoms with van der Waals surface area (Å²) in [6, 6.07) is -0.0174. The summed E-state index contributed by atoms with van der Waals surface area (Å²) in [6.07, 6.45) is 4.07. The molecule has 0 unspecified atom stereocenters. The number of aromatic nitrogens is 1. The molecular weight excluding hydrogens is 457 g/mol. The van der Waals surface area contributed by atoms with Crippen molar-refractivity contribution in [1.82, 2.24) is 10.3 Å². The number of hydrogen-bond donors (Lipinski definition) is 1. The molecule has 1 N–H and O–H groups in total. The summed E-state index contributed by atoms with van der Waals surface area (Å²) < 4.78 is 6.33. The molecule has 1 amide bonds. The molecule has 0 aromatic carbocycles. The maximum Gasteiger partial charge on any atom is 0.407 e. The predicted molar refractivity (Wildman–Crippen MR) is 119 cm³/mol. The number of halogens is 1. The van der Waals surface area contributed by atoms with Crippen molar-refractivity contribution < 1.29 is 9.53 Å². The van der Waals surface area contributed by atoms with E-state index in [1.54, 1.807) is 19.5 Å². The van der Waals surface area contributed by atoms with Crippen molar-refractivity contribution in [2.24, 2.45) is 15.9 Å². The molecule has 0 bridgehead atoms. The summed E-state index contributed by atoms with van der Waals surface area (Å²) in [5.74, 6) is 1.21. The fourth-order valence-corrected chi connectivity index (χ4v) is 3.85. The van der Waals surface area contributed by atoms with Gasteiger partial charge < -0.3 is 15.0 Å². The molecule has 2 atom stereocenters. The molecule has 0 aliphatic carbocycles. The lowest BCUT2D eigenvalue weighted by atomic mass is 9.95. The highest BCUT2D eigenvalue weighted by molar-refractivity contribution is 14.1. The number of nitrogens with one attached hydrogen (secondary N) is 1. The Hall–Kier alpha value is -1.71. The van der Waals surface area contributed by atoms with Gasteiger partial charge in [-0.15, -0.1) is 0 Å². The quantitative estimate of drug-likeness (QED) is 0.520. The highest BCUT2D eigenvalue weighted by atomic mass is 127. The van der Waals surface area contributed by atoms with Crippen LogP contribution < -0.4 is 10.2 Å². The van der Waals surface area contributed by atoms with Gasteiger partial charge in [-0.2, -0.15) is 0 Å². The van der Waals surface area contributed by atoms with Crippen LogP contribution in [0, 0.1) is 9.49 Å². The molecule has 1 aromatic rings. The van der Waals surface area contributed by atoms with Gasteiger partial charge >= 0.3 is 6.09 Å². The van der Waals surface area contributed by atoms with Crippen LogP contribution in [0.5, 0.6) is 0 Å². The number of hydrogen-bond acceptors (Lipinski definition) is 6. The van der Waals surface area contributed by atoms with Crippen LogP contribution in [-0.4, -0.2) is 55.8 Å². The minimum absolute atomic E-state index is 0.0174. The molecule has 27 heavy (non-hydrogen) atoms. The van der Waals surface area contributed by atoms with Gasteiger partial charge in [-0.1, -0.05) is 6.92 Å². The largest absolute Gasteiger partial charge is 0.444 e. The van der Waals surface area contributed by atoms with Crippen LogP contribution >= 0.6 is 22.6 Å². The first-order chi connectivity index (χ1) is 12.6. The van der Waals surface area contributed by atoms with Gasteiger partial charge in [-0.05, 0) is 62.4 Å². The second kappa shape index (κ2) is 8.99. The number of carbonyl (C=O) groups excluding carboxylic acids is 1. The fraction of sp³-hybridized carbons (Fsp3) is 0.579. The van der Waals surface area contributed by atoms with E-state index in [4.69, 9.17) is 4.74 Å². The third-order valence-corrected chi connectivity index (χ3v) is 4.91. The van der Waals surface area contributed by atoms with Crippen LogP contribution in [0.1, 0.15) is 39.7 Å². The first kappa shape index (κ1) is 21.6. The SMILES string of the molecule is C=Nc1c(I)cnc(N2C[C@@H](C)C[C@@H](NC(=O)OC(C)(C)C)C2)c1/C=N\C. The average molecular weight is 485 g/mol. The zero-order chi connectivity index (χ0) is 20.2. The molecule has 0 saturated carbocycles. The summed E-state index contributed by atoms with van der Waals surface area (Å²) in [4.78, 5) is 27.3. The van der Waals surface area contributed by atoms with E-state index in [0.29, 0.717) is 12.5 Å². The van der Waals surface area contributed by atoms with Gasteiger partial charge in [-0.25, -0.2) is 9.78 Å². The third-order valence-electron chi connectivity index (χ3n) is 4.12. The van der Waals surface area contributed by atoms with E-state index >= 15 is 0 Å². The Labute approximate surface area is 174 Å². The Morgan fingerprint density at radius 3 is 2.78 bits per heavy atom. The summed E-state index contributed by atoms with van der Waals surface area (Å²) in [7, 11) is 1.72. The minimum atomic E-state index is -0.517. The molecule has 1 aliphatic heterocycles. The molecule has 2 rings (SSSR count). The minimum Gasteiger partial charge on any atom is -0.444 e. The lowest BCUT2D eigenvalue weighted by Crippen LogP contribution is -2.51. The number of amides is 1. The number of anilines is 1. The number of alkyl carbamates (subject to hydrolysis) is 1. The van der Waals surface area contributed by atoms with Crippen molar-refractivity contribution in [3.8, 4) is 0 Å². The van der Waals surface area contributed by atoms with Gasteiger partial charge in [0.05, 0.1) is 20.9 Å². The summed E-state index contributed by atoms with van der Waals surface area (Å²) in [6.45, 7) is 12.9. The molecule has 0 spiro atoms. The van der Waals surface area contributed by atoms with E-state index in [1.807, 2.05) is 20.8 Å². The molecule has 1 aliphatic rings. The maximum atomic E-state index is 12.2. The highest BCUT2D eigenvalue weighted by Crippen LogP contribution is 2.32. The van der Waals surface area contributed by atoms with Crippen LogP contribution in [0.25, 0.3) is 0 Å². The molecule has 148 valence electrons. The Bertz CT molecular complexity index is 730. The van der Waals surface area contributed by atoms with Crippen LogP contribution in [0.2, 0.25) is 0 Å². The van der Waals surface area contributed by atoms with Crippen molar-refractivity contribution in [3.63, 3.8) is 0 Å². The Balaban J connectivity index is 2.26. The van der Waals surface area contributed by atoms with Gasteiger partial charge in [0.25, 0.3) is 0 Å². The lowest BCUT2D eigenvalue weighted by molar-refractivity contribution is 0.0495. The van der Waals surface area contributed by atoms with Crippen molar-refractivity contribution in [3.05, 3.63) is 15.3 Å². The Morgan fingerprint density at radius 2 is 2.19 bits per heavy atom. The van der Waals surface area contributed by atoms with Crippen molar-refractivity contribution in [1.29, 1.82) is 0 Å². The average Bonchev–Trinajstić information content (AvgIpc) is 2.53. The van der Waals surface area contributed by atoms with Gasteiger partial charge in [0, 0.05) is 32.5 Å². The normalized spacial score (nSPS) is 20.6. The molecule has 2 heterocycles. The number of pyridine rings is 1. The first-order valence-corrected chi connectivity index (χ1v) is 10.0. The van der Waals surface area contributed by atoms with Crippen LogP contribution in [-0.2, 0) is 4.74 Å². The Kier molecular flexibility index (Phi) is 7.19. The zero-order valence-electron chi connectivity index (χ0n) is 16.6. The second-order valence-corrected chi connectivity index (χ2v) is 8.99. The first-order valence-electron chi connectivity index (χ1n) is 8.96. The van der Waals surface area contributed by atoms with E-state index in [1.165, 1.54) is 0 Å². The van der Waals surface area contributed by atoms with Crippen molar-refractivity contribution >= 4 is 53.1 Å². The van der Waals surface area contributed by atoms with Gasteiger partial charge in [0.2, 0.25) is 0 Å². The van der Waals surface area contributed by atoms with E-state index in [-0.39, 0.29) is 12.1 Å². The van der Waals surface area contributed by atoms with E-state index in [0.717, 1.165) is 33.6 Å². The number of rotatable bonds is 4. The van der Waals surface area contributed by atoms with E-state index in [9.17, 15) is 4.79 Å². The smallest absolute Gasteiger partial charge is 0.407 e. The molecular formula is C19H28IN5O2. The lowest BCUT2D eigenvalue weighted by Gasteiger charge is -2.38. The van der Waals surface area contributed by atoms with Gasteiger partial charge in [0.15, 0.2) is 0 Å². The van der Waals surface area contributed by atoms with Crippen LogP contribution in [0.3, 0.4) is 0 Å². The van der Waals surface area contributed by atoms with Crippen molar-refractivity contribution in [2.45, 2.75) is 45.8 Å². The Morgan fingerprint density at radius 1 is 1.48 bits per heavy atom. The molecule has 1 saturated heterocycles. The number of piperidine rings is 1. The van der Waals surface area contributed by atoms with E-state index < -0.39 is 5.60 Å². The summed E-state index contributed by atoms with van der Waals surface area (Å²) in [5, 5.41) is 3.00. The van der Waals surface area contributed by atoms with Crippen molar-refractivity contribution in [2.75, 3.05) is 25.0 Å². The second-order valence-electron chi connectivity index (χ2n) is 7.83.